The van der Waals surface area contributed by atoms with E-state index in [4.69, 9.17) is 5.73 Å². The van der Waals surface area contributed by atoms with Gasteiger partial charge in [0.05, 0.1) is 5.69 Å². The van der Waals surface area contributed by atoms with E-state index in [-0.39, 0.29) is 6.04 Å². The summed E-state index contributed by atoms with van der Waals surface area (Å²) in [5.41, 5.74) is 7.48. The van der Waals surface area contributed by atoms with E-state index in [0.717, 1.165) is 18.5 Å². The van der Waals surface area contributed by atoms with Gasteiger partial charge in [-0.1, -0.05) is 12.8 Å². The Morgan fingerprint density at radius 3 is 2.56 bits per heavy atom. The molecule has 0 spiro atoms. The maximum Gasteiger partial charge on any atom is 0.140 e. The molecule has 1 aromatic heterocycles. The molecule has 1 saturated carbocycles. The summed E-state index contributed by atoms with van der Waals surface area (Å²) in [7, 11) is 0. The van der Waals surface area contributed by atoms with Gasteiger partial charge in [0.15, 0.2) is 0 Å². The van der Waals surface area contributed by atoms with Crippen LogP contribution in [0.1, 0.15) is 62.7 Å². The molecule has 0 radical (unpaired) electrons. The first-order valence-corrected chi connectivity index (χ1v) is 5.93. The average Bonchev–Trinajstić information content (AvgIpc) is 2.83. The summed E-state index contributed by atoms with van der Waals surface area (Å²) >= 11 is 0. The van der Waals surface area contributed by atoms with E-state index < -0.39 is 0 Å². The summed E-state index contributed by atoms with van der Waals surface area (Å²) < 4.78 is 1.77. The lowest BCUT2D eigenvalue weighted by Gasteiger charge is -2.07. The van der Waals surface area contributed by atoms with Crippen molar-refractivity contribution < 1.29 is 0 Å². The third-order valence-electron chi connectivity index (χ3n) is 3.32. The van der Waals surface area contributed by atoms with Crippen LogP contribution in [0.2, 0.25) is 0 Å². The number of nitrogen functional groups attached to an aromatic ring is 1. The number of rotatable bonds is 2. The second kappa shape index (κ2) is 4.17. The van der Waals surface area contributed by atoms with Gasteiger partial charge in [-0.25, -0.2) is 4.68 Å². The van der Waals surface area contributed by atoms with Gasteiger partial charge in [-0.05, 0) is 26.7 Å². The Morgan fingerprint density at radius 2 is 2.06 bits per heavy atom. The van der Waals surface area contributed by atoms with Crippen LogP contribution in [-0.2, 0) is 0 Å². The first-order valence-electron chi connectivity index (χ1n) is 5.93. The summed E-state index contributed by atoms with van der Waals surface area (Å²) in [4.78, 5) is 0. The molecular weight excluding hydrogens is 200 g/mol. The van der Waals surface area contributed by atoms with E-state index >= 15 is 0 Å². The maximum absolute atomic E-state index is 9.17. The van der Waals surface area contributed by atoms with Crippen LogP contribution in [0.25, 0.3) is 0 Å². The van der Waals surface area contributed by atoms with Crippen molar-refractivity contribution in [1.29, 1.82) is 5.26 Å². The molecule has 2 N–H and O–H groups in total. The molecule has 0 aliphatic heterocycles. The standard InChI is InChI=1S/C12H18N4/c1-8(2)16-12(14)10(7-13)11(15-16)9-5-3-4-6-9/h8-9H,3-6,14H2,1-2H3. The number of anilines is 1. The van der Waals surface area contributed by atoms with Gasteiger partial charge in [-0.2, -0.15) is 10.4 Å². The number of nitrogens with two attached hydrogens (primary N) is 1. The van der Waals surface area contributed by atoms with Gasteiger partial charge in [-0.15, -0.1) is 0 Å². The Hall–Kier alpha value is -1.50. The van der Waals surface area contributed by atoms with Crippen LogP contribution in [0, 0.1) is 11.3 Å². The molecule has 1 aliphatic carbocycles. The number of aromatic nitrogens is 2. The first-order chi connectivity index (χ1) is 7.65. The monoisotopic (exact) mass is 218 g/mol. The molecule has 1 fully saturated rings. The Bertz CT molecular complexity index is 419. The van der Waals surface area contributed by atoms with Crippen molar-refractivity contribution in [2.75, 3.05) is 5.73 Å². The second-order valence-electron chi connectivity index (χ2n) is 4.78. The Morgan fingerprint density at radius 1 is 1.44 bits per heavy atom. The molecule has 0 atom stereocenters. The first kappa shape index (κ1) is 11.0. The Labute approximate surface area is 96.0 Å². The molecule has 4 heteroatoms. The fraction of sp³-hybridized carbons (Fsp3) is 0.667. The molecule has 86 valence electrons. The zero-order valence-electron chi connectivity index (χ0n) is 9.90. The Balaban J connectivity index is 2.44. The minimum absolute atomic E-state index is 0.210. The zero-order chi connectivity index (χ0) is 11.7. The van der Waals surface area contributed by atoms with Gasteiger partial charge in [0.1, 0.15) is 17.5 Å². The van der Waals surface area contributed by atoms with Crippen LogP contribution in [-0.4, -0.2) is 9.78 Å². The van der Waals surface area contributed by atoms with Crippen LogP contribution in [0.4, 0.5) is 5.82 Å². The quantitative estimate of drug-likeness (QED) is 0.829. The highest BCUT2D eigenvalue weighted by Crippen LogP contribution is 2.36. The maximum atomic E-state index is 9.17. The summed E-state index contributed by atoms with van der Waals surface area (Å²) in [5.74, 6) is 0.969. The van der Waals surface area contributed by atoms with Crippen molar-refractivity contribution in [3.8, 4) is 6.07 Å². The lowest BCUT2D eigenvalue weighted by molar-refractivity contribution is 0.525. The summed E-state index contributed by atoms with van der Waals surface area (Å²) in [5, 5.41) is 13.7. The fourth-order valence-corrected chi connectivity index (χ4v) is 2.46. The molecule has 0 bridgehead atoms. The number of hydrogen-bond acceptors (Lipinski definition) is 3. The van der Waals surface area contributed by atoms with Gasteiger partial charge in [0, 0.05) is 12.0 Å². The minimum atomic E-state index is 0.210. The van der Waals surface area contributed by atoms with E-state index in [2.05, 4.69) is 11.2 Å². The zero-order valence-corrected chi connectivity index (χ0v) is 9.90. The molecule has 0 amide bonds. The van der Waals surface area contributed by atoms with Crippen molar-refractivity contribution in [1.82, 2.24) is 9.78 Å². The molecule has 1 heterocycles. The molecular formula is C12H18N4. The van der Waals surface area contributed by atoms with Crippen molar-refractivity contribution in [3.63, 3.8) is 0 Å². The lowest BCUT2D eigenvalue weighted by atomic mass is 10.0. The topological polar surface area (TPSA) is 67.6 Å². The number of hydrogen-bond donors (Lipinski definition) is 1. The third-order valence-corrected chi connectivity index (χ3v) is 3.32. The predicted octanol–water partition coefficient (Wildman–Crippen LogP) is 2.58. The second-order valence-corrected chi connectivity index (χ2v) is 4.78. The minimum Gasteiger partial charge on any atom is -0.383 e. The third kappa shape index (κ3) is 1.67. The molecule has 0 aromatic carbocycles. The number of nitrogens with zero attached hydrogens (tertiary/aromatic N) is 3. The Kier molecular flexibility index (Phi) is 2.86. The van der Waals surface area contributed by atoms with Crippen LogP contribution in [0.15, 0.2) is 0 Å². The smallest absolute Gasteiger partial charge is 0.140 e. The molecule has 1 aromatic rings. The van der Waals surface area contributed by atoms with Gasteiger partial charge >= 0.3 is 0 Å². The van der Waals surface area contributed by atoms with Crippen molar-refractivity contribution in [2.45, 2.75) is 51.5 Å². The predicted molar refractivity (Wildman–Crippen MR) is 62.9 cm³/mol. The van der Waals surface area contributed by atoms with E-state index in [1.54, 1.807) is 4.68 Å². The normalized spacial score (nSPS) is 16.9. The summed E-state index contributed by atoms with van der Waals surface area (Å²) in [6.45, 7) is 4.06. The molecule has 0 saturated heterocycles. The highest BCUT2D eigenvalue weighted by atomic mass is 15.3. The van der Waals surface area contributed by atoms with Gasteiger partial charge in [0.25, 0.3) is 0 Å². The van der Waals surface area contributed by atoms with Crippen molar-refractivity contribution in [2.24, 2.45) is 0 Å². The van der Waals surface area contributed by atoms with Crippen LogP contribution < -0.4 is 5.73 Å². The van der Waals surface area contributed by atoms with Crippen LogP contribution in [0.3, 0.4) is 0 Å². The van der Waals surface area contributed by atoms with E-state index in [1.165, 1.54) is 12.8 Å². The molecule has 4 nitrogen and oxygen atoms in total. The van der Waals surface area contributed by atoms with Crippen molar-refractivity contribution >= 4 is 5.82 Å². The highest BCUT2D eigenvalue weighted by Gasteiger charge is 2.26. The largest absolute Gasteiger partial charge is 0.383 e. The highest BCUT2D eigenvalue weighted by molar-refractivity contribution is 5.53. The fourth-order valence-electron chi connectivity index (χ4n) is 2.46. The van der Waals surface area contributed by atoms with E-state index in [9.17, 15) is 5.26 Å². The van der Waals surface area contributed by atoms with Gasteiger partial charge in [-0.3, -0.25) is 0 Å². The molecule has 2 rings (SSSR count). The van der Waals surface area contributed by atoms with Crippen molar-refractivity contribution in [3.05, 3.63) is 11.3 Å². The molecule has 0 unspecified atom stereocenters. The summed E-state index contributed by atoms with van der Waals surface area (Å²) in [6, 6.07) is 2.42. The van der Waals surface area contributed by atoms with Gasteiger partial charge in [0.2, 0.25) is 0 Å². The van der Waals surface area contributed by atoms with Crippen LogP contribution >= 0.6 is 0 Å². The lowest BCUT2D eigenvalue weighted by Crippen LogP contribution is -2.07. The number of nitriles is 1. The average molecular weight is 218 g/mol. The molecule has 16 heavy (non-hydrogen) atoms. The van der Waals surface area contributed by atoms with E-state index in [1.807, 2.05) is 13.8 Å². The van der Waals surface area contributed by atoms with Crippen LogP contribution in [0.5, 0.6) is 0 Å². The molecule has 1 aliphatic rings. The summed E-state index contributed by atoms with van der Waals surface area (Å²) in [6.07, 6.45) is 4.76. The van der Waals surface area contributed by atoms with Gasteiger partial charge < -0.3 is 5.73 Å². The van der Waals surface area contributed by atoms with E-state index in [0.29, 0.717) is 17.3 Å². The SMILES string of the molecule is CC(C)n1nc(C2CCCC2)c(C#N)c1N.